The number of amides is 1. The van der Waals surface area contributed by atoms with Crippen molar-refractivity contribution in [1.82, 2.24) is 4.90 Å². The van der Waals surface area contributed by atoms with Gasteiger partial charge in [-0.1, -0.05) is 118 Å². The van der Waals surface area contributed by atoms with Crippen LogP contribution >= 0.6 is 23.2 Å². The second-order valence-corrected chi connectivity index (χ2v) is 23.5. The fourth-order valence-electron chi connectivity index (χ4n) is 6.21. The normalized spacial score (nSPS) is 20.3. The van der Waals surface area contributed by atoms with Crippen LogP contribution in [0.3, 0.4) is 0 Å². The van der Waals surface area contributed by atoms with Crippen molar-refractivity contribution in [1.29, 1.82) is 0 Å². The molecule has 5 rings (SSSR count). The van der Waals surface area contributed by atoms with Crippen molar-refractivity contribution in [2.24, 2.45) is 5.92 Å². The summed E-state index contributed by atoms with van der Waals surface area (Å²) >= 11 is 13.2. The average Bonchev–Trinajstić information content (AvgIpc) is 3.35. The van der Waals surface area contributed by atoms with Gasteiger partial charge >= 0.3 is 0 Å². The molecule has 1 aliphatic carbocycles. The summed E-state index contributed by atoms with van der Waals surface area (Å²) in [5.74, 6) is 1.16. The lowest BCUT2D eigenvalue weighted by Gasteiger charge is -2.41. The van der Waals surface area contributed by atoms with Crippen molar-refractivity contribution in [3.05, 3.63) is 87.9 Å². The molecule has 247 valence electrons. The van der Waals surface area contributed by atoms with E-state index in [9.17, 15) is 4.79 Å². The Morgan fingerprint density at radius 3 is 2.26 bits per heavy atom. The van der Waals surface area contributed by atoms with Gasteiger partial charge in [-0.25, -0.2) is 0 Å². The second kappa shape index (κ2) is 15.0. The summed E-state index contributed by atoms with van der Waals surface area (Å²) in [5, 5.41) is 3.45. The number of nitrogens with zero attached hydrogens (tertiary/aromatic N) is 1. The third-order valence-electron chi connectivity index (χ3n) is 9.12. The topological polar surface area (TPSA) is 48.0 Å². The van der Waals surface area contributed by atoms with Gasteiger partial charge in [0.15, 0.2) is 6.79 Å². The molecule has 2 fully saturated rings. The lowest BCUT2D eigenvalue weighted by atomic mass is 9.80. The number of carbonyl (C=O) groups is 1. The highest BCUT2D eigenvalue weighted by Crippen LogP contribution is 2.44. The smallest absolute Gasteiger partial charge is 0.282 e. The molecule has 1 amide bonds. The lowest BCUT2D eigenvalue weighted by Crippen LogP contribution is -2.50. The molecule has 1 saturated carbocycles. The van der Waals surface area contributed by atoms with Gasteiger partial charge in [0.1, 0.15) is 5.75 Å². The van der Waals surface area contributed by atoms with Crippen LogP contribution in [0.15, 0.2) is 66.7 Å². The molecule has 1 radical (unpaired) electrons. The Morgan fingerprint density at radius 1 is 0.935 bits per heavy atom. The maximum Gasteiger partial charge on any atom is 0.282 e. The minimum Gasteiger partial charge on any atom is -0.467 e. The van der Waals surface area contributed by atoms with Crippen LogP contribution < -0.4 is 15.1 Å². The molecular weight excluding hydrogens is 649 g/mol. The summed E-state index contributed by atoms with van der Waals surface area (Å²) in [6.07, 6.45) is 2.29. The molecule has 0 spiro atoms. The second-order valence-electron chi connectivity index (χ2n) is 15.0. The van der Waals surface area contributed by atoms with E-state index in [0.29, 0.717) is 47.9 Å². The summed E-state index contributed by atoms with van der Waals surface area (Å²) in [7, 11) is -2.57. The van der Waals surface area contributed by atoms with Gasteiger partial charge in [-0.15, -0.1) is 0 Å². The molecule has 1 heterocycles. The van der Waals surface area contributed by atoms with Crippen molar-refractivity contribution in [2.75, 3.05) is 26.6 Å². The van der Waals surface area contributed by atoms with Gasteiger partial charge in [-0.05, 0) is 58.3 Å². The number of ether oxygens (including phenoxy) is 2. The molecule has 3 aromatic rings. The van der Waals surface area contributed by atoms with Crippen LogP contribution in [0.25, 0.3) is 0 Å². The Hall–Kier alpha value is -2.14. The van der Waals surface area contributed by atoms with Crippen LogP contribution in [-0.2, 0) is 19.4 Å². The van der Waals surface area contributed by atoms with E-state index in [1.165, 1.54) is 15.9 Å². The van der Waals surface area contributed by atoms with E-state index in [1.807, 2.05) is 11.0 Å². The zero-order valence-corrected chi connectivity index (χ0v) is 31.6. The van der Waals surface area contributed by atoms with E-state index >= 15 is 0 Å². The Kier molecular flexibility index (Phi) is 11.4. The van der Waals surface area contributed by atoms with Gasteiger partial charge in [0, 0.05) is 51.8 Å². The molecule has 0 aromatic heterocycles. The zero-order valence-electron chi connectivity index (χ0n) is 28.1. The number of halogens is 2. The molecule has 1 atom stereocenters. The highest BCUT2D eigenvalue weighted by atomic mass is 35.5. The first kappa shape index (κ1) is 35.2. The lowest BCUT2D eigenvalue weighted by molar-refractivity contribution is -0.132. The van der Waals surface area contributed by atoms with Gasteiger partial charge in [0.2, 0.25) is 5.91 Å². The number of benzene rings is 3. The van der Waals surface area contributed by atoms with Crippen LogP contribution in [0.1, 0.15) is 57.1 Å². The van der Waals surface area contributed by atoms with Crippen molar-refractivity contribution >= 4 is 56.6 Å². The highest BCUT2D eigenvalue weighted by Gasteiger charge is 2.43. The van der Waals surface area contributed by atoms with E-state index in [1.54, 1.807) is 6.07 Å². The fraction of sp³-hybridized carbons (Fsp3) is 0.486. The zero-order chi connectivity index (χ0) is 33.1. The van der Waals surface area contributed by atoms with Gasteiger partial charge in [0.25, 0.3) is 9.04 Å². The fourth-order valence-corrected chi connectivity index (χ4v) is 9.48. The summed E-state index contributed by atoms with van der Waals surface area (Å²) in [5.41, 5.74) is 2.25. The number of rotatable bonds is 13. The summed E-state index contributed by atoms with van der Waals surface area (Å²) in [4.78, 5) is 15.3. The summed E-state index contributed by atoms with van der Waals surface area (Å²) < 4.78 is 18.6. The minimum atomic E-state index is -1.39. The first-order valence-corrected chi connectivity index (χ1v) is 22.3. The van der Waals surface area contributed by atoms with Crippen molar-refractivity contribution < 1.29 is 18.7 Å². The minimum absolute atomic E-state index is 0.0741. The van der Waals surface area contributed by atoms with E-state index in [-0.39, 0.29) is 30.1 Å². The van der Waals surface area contributed by atoms with Gasteiger partial charge < -0.3 is 18.8 Å². The van der Waals surface area contributed by atoms with E-state index in [0.717, 1.165) is 24.4 Å². The standard InChI is InChI=1S/C37H48Cl2NO4Si2/c1-37(2,3)28-12-14-31(15-13-28)45(30-10-8-7-9-11-30)44-24-26-20-29(21-26)40-23-27(22-34(40)41)35-33(17-16-32(38)36(35)39)43-25-42-18-19-46(4,5)6/h7-17,26-27,29H,18-25H2,1-6H3. The third kappa shape index (κ3) is 8.85. The maximum absolute atomic E-state index is 13.3. The number of carbonyl (C=O) groups excluding carboxylic acids is 1. The monoisotopic (exact) mass is 696 g/mol. The van der Waals surface area contributed by atoms with Crippen LogP contribution in [-0.4, -0.2) is 60.5 Å². The average molecular weight is 698 g/mol. The quantitative estimate of drug-likeness (QED) is 0.104. The molecule has 1 aliphatic heterocycles. The predicted octanol–water partition coefficient (Wildman–Crippen LogP) is 7.90. The van der Waals surface area contributed by atoms with Gasteiger partial charge in [-0.2, -0.15) is 0 Å². The summed E-state index contributed by atoms with van der Waals surface area (Å²) in [6, 6.07) is 24.4. The SMILES string of the molecule is CC(C)(C)c1ccc([Si](OCC2CC(N3CC(c4c(OCOCC[Si](C)(C)C)ccc(Cl)c4Cl)CC3=O)C2)c2ccccc2)cc1. The van der Waals surface area contributed by atoms with E-state index in [2.05, 4.69) is 95.0 Å². The molecule has 46 heavy (non-hydrogen) atoms. The first-order chi connectivity index (χ1) is 21.8. The van der Waals surface area contributed by atoms with Crippen molar-refractivity contribution in [3.63, 3.8) is 0 Å². The third-order valence-corrected chi connectivity index (χ3v) is 13.8. The Labute approximate surface area is 288 Å². The van der Waals surface area contributed by atoms with Crippen molar-refractivity contribution in [2.45, 2.75) is 83.1 Å². The summed E-state index contributed by atoms with van der Waals surface area (Å²) in [6.45, 7) is 15.8. The number of hydrogen-bond acceptors (Lipinski definition) is 4. The molecule has 1 unspecified atom stereocenters. The van der Waals surface area contributed by atoms with E-state index < -0.39 is 17.1 Å². The molecule has 5 nitrogen and oxygen atoms in total. The molecule has 3 aromatic carbocycles. The first-order valence-electron chi connectivity index (χ1n) is 16.4. The molecule has 1 saturated heterocycles. The molecule has 0 bridgehead atoms. The Bertz CT molecular complexity index is 1470. The van der Waals surface area contributed by atoms with Crippen LogP contribution in [0.5, 0.6) is 5.75 Å². The van der Waals surface area contributed by atoms with Crippen LogP contribution in [0, 0.1) is 5.92 Å². The molecule has 9 heteroatoms. The molecular formula is C37H48Cl2NO4Si2. The number of hydrogen-bond donors (Lipinski definition) is 0. The van der Waals surface area contributed by atoms with E-state index in [4.69, 9.17) is 37.1 Å². The largest absolute Gasteiger partial charge is 0.467 e. The molecule has 2 aliphatic rings. The Balaban J connectivity index is 1.18. The van der Waals surface area contributed by atoms with Crippen LogP contribution in [0.2, 0.25) is 35.7 Å². The van der Waals surface area contributed by atoms with Crippen LogP contribution in [0.4, 0.5) is 0 Å². The van der Waals surface area contributed by atoms with Gasteiger partial charge in [0.05, 0.1) is 10.0 Å². The maximum atomic E-state index is 13.3. The van der Waals surface area contributed by atoms with Crippen molar-refractivity contribution in [3.8, 4) is 5.75 Å². The Morgan fingerprint density at radius 2 is 1.61 bits per heavy atom. The van der Waals surface area contributed by atoms with Gasteiger partial charge in [-0.3, -0.25) is 4.79 Å². The highest BCUT2D eigenvalue weighted by molar-refractivity contribution is 6.80. The number of likely N-dealkylation sites (tertiary alicyclic amines) is 1. The predicted molar refractivity (Wildman–Crippen MR) is 194 cm³/mol. The molecule has 0 N–H and O–H groups in total.